The molecule has 2 aliphatic heterocycles. The number of carbonyl (C=O) groups is 2. The van der Waals surface area contributed by atoms with Crippen LogP contribution in [0.4, 0.5) is 0 Å². The van der Waals surface area contributed by atoms with E-state index in [1.54, 1.807) is 6.92 Å². The Kier molecular flexibility index (Phi) is 9.25. The van der Waals surface area contributed by atoms with Gasteiger partial charge in [0.25, 0.3) is 5.82 Å². The lowest BCUT2D eigenvalue weighted by Gasteiger charge is -2.15. The predicted octanol–water partition coefficient (Wildman–Crippen LogP) is 3.81. The highest BCUT2D eigenvalue weighted by Crippen LogP contribution is 2.34. The molecule has 1 saturated heterocycles. The van der Waals surface area contributed by atoms with E-state index in [2.05, 4.69) is 49.0 Å². The fraction of sp³-hybridized carbons (Fsp3) is 0.500. The first-order valence-electron chi connectivity index (χ1n) is 12.9. The molecule has 2 aliphatic rings. The zero-order chi connectivity index (χ0) is 27.4. The van der Waals surface area contributed by atoms with E-state index in [9.17, 15) is 18.0 Å². The van der Waals surface area contributed by atoms with Crippen LogP contribution in [0.25, 0.3) is 16.6 Å². The van der Waals surface area contributed by atoms with Crippen LogP contribution in [0.2, 0.25) is 0 Å². The summed E-state index contributed by atoms with van der Waals surface area (Å²) in [4.78, 5) is 26.2. The number of halogens is 1. The van der Waals surface area contributed by atoms with Crippen LogP contribution in [-0.2, 0) is 32.6 Å². The Labute approximate surface area is 236 Å². The van der Waals surface area contributed by atoms with Crippen LogP contribution < -0.4 is 9.29 Å². The maximum atomic E-state index is 12.6. The standard InChI is InChI=1S/C26H33BrN4O5S2/c1-4-29-13-14-37-24(29)9-8-19-10-12-31-23-17-21(27)20(26(33)36-5-2)16-22(23)30(25(19)31)11-6-7-15-38(34,35)28-18(3)32/h8-9,16-17H,4-7,10-15H2,1-3H3/p+1. The van der Waals surface area contributed by atoms with Crippen molar-refractivity contribution >= 4 is 66.2 Å². The second-order valence-electron chi connectivity index (χ2n) is 9.23. The number of amides is 1. The highest BCUT2D eigenvalue weighted by molar-refractivity contribution is 9.10. The summed E-state index contributed by atoms with van der Waals surface area (Å²) in [6, 6.07) is 3.83. The van der Waals surface area contributed by atoms with Crippen LogP contribution in [0, 0.1) is 0 Å². The number of fused-ring (bicyclic) bond motifs is 3. The number of unbranched alkanes of at least 4 members (excludes halogenated alkanes) is 1. The fourth-order valence-electron chi connectivity index (χ4n) is 4.96. The minimum absolute atomic E-state index is 0.125. The van der Waals surface area contributed by atoms with Gasteiger partial charge in [-0.3, -0.25) is 9.52 Å². The molecular weight excluding hydrogens is 592 g/mol. The normalized spacial score (nSPS) is 17.5. The number of nitrogens with one attached hydrogen (secondary N) is 1. The molecule has 0 radical (unpaired) electrons. The molecule has 38 heavy (non-hydrogen) atoms. The van der Waals surface area contributed by atoms with Gasteiger partial charge in [0.2, 0.25) is 15.9 Å². The summed E-state index contributed by atoms with van der Waals surface area (Å²) in [5.41, 5.74) is 3.57. The van der Waals surface area contributed by atoms with Gasteiger partial charge in [0.1, 0.15) is 0 Å². The number of hydrogen-bond donors (Lipinski definition) is 1. The molecule has 1 fully saturated rings. The van der Waals surface area contributed by atoms with Crippen LogP contribution in [0.15, 0.2) is 33.8 Å². The van der Waals surface area contributed by atoms with Crippen molar-refractivity contribution in [2.45, 2.75) is 53.1 Å². The number of benzene rings is 1. The summed E-state index contributed by atoms with van der Waals surface area (Å²) in [5, 5.41) is 1.27. The Balaban J connectivity index is 1.71. The molecule has 12 heteroatoms. The van der Waals surface area contributed by atoms with Gasteiger partial charge in [-0.2, -0.15) is 0 Å². The van der Waals surface area contributed by atoms with Crippen LogP contribution in [0.1, 0.15) is 56.2 Å². The van der Waals surface area contributed by atoms with Gasteiger partial charge in [0.15, 0.2) is 11.0 Å². The molecule has 0 aliphatic carbocycles. The van der Waals surface area contributed by atoms with Crippen LogP contribution >= 0.6 is 27.7 Å². The molecule has 0 bridgehead atoms. The largest absolute Gasteiger partial charge is 0.462 e. The lowest BCUT2D eigenvalue weighted by atomic mass is 10.1. The molecule has 0 atom stereocenters. The van der Waals surface area contributed by atoms with E-state index in [1.165, 1.54) is 17.5 Å². The number of aryl methyl sites for hydroxylation is 2. The summed E-state index contributed by atoms with van der Waals surface area (Å²) in [6.07, 6.45) is 6.28. The van der Waals surface area contributed by atoms with Crippen molar-refractivity contribution in [2.24, 2.45) is 0 Å². The summed E-state index contributed by atoms with van der Waals surface area (Å²) in [7, 11) is -3.65. The zero-order valence-corrected chi connectivity index (χ0v) is 25.2. The number of carbonyl (C=O) groups excluding carboxylic acids is 2. The Morgan fingerprint density at radius 3 is 2.71 bits per heavy atom. The van der Waals surface area contributed by atoms with Gasteiger partial charge in [-0.1, -0.05) is 0 Å². The molecular formula is C26H34BrN4O5S2+. The highest BCUT2D eigenvalue weighted by atomic mass is 79.9. The second-order valence-corrected chi connectivity index (χ2v) is 13.0. The smallest absolute Gasteiger partial charge is 0.339 e. The lowest BCUT2D eigenvalue weighted by Crippen LogP contribution is -2.37. The second kappa shape index (κ2) is 12.3. The van der Waals surface area contributed by atoms with E-state index >= 15 is 0 Å². The van der Waals surface area contributed by atoms with Gasteiger partial charge >= 0.3 is 5.97 Å². The molecule has 0 spiro atoms. The Morgan fingerprint density at radius 1 is 1.21 bits per heavy atom. The number of sulfonamides is 1. The van der Waals surface area contributed by atoms with Crippen LogP contribution in [-0.4, -0.2) is 61.0 Å². The first-order valence-corrected chi connectivity index (χ1v) is 16.3. The third-order valence-corrected chi connectivity index (χ3v) is 9.78. The molecule has 2 aromatic rings. The highest BCUT2D eigenvalue weighted by Gasteiger charge is 2.34. The molecule has 4 rings (SSSR count). The van der Waals surface area contributed by atoms with Crippen molar-refractivity contribution in [3.8, 4) is 0 Å². The van der Waals surface area contributed by atoms with Gasteiger partial charge in [0.05, 0.1) is 36.0 Å². The Morgan fingerprint density at radius 2 is 2.00 bits per heavy atom. The molecule has 9 nitrogen and oxygen atoms in total. The van der Waals surface area contributed by atoms with Gasteiger partial charge in [-0.05, 0) is 54.8 Å². The Hall–Kier alpha value is -2.31. The third kappa shape index (κ3) is 6.28. The Bertz CT molecular complexity index is 1410. The molecule has 0 unspecified atom stereocenters. The number of allylic oxidation sites excluding steroid dienone is 3. The molecule has 3 heterocycles. The molecule has 206 valence electrons. The summed E-state index contributed by atoms with van der Waals surface area (Å²) >= 11 is 5.43. The van der Waals surface area contributed by atoms with Gasteiger partial charge in [-0.25, -0.2) is 22.3 Å². The number of ether oxygens (including phenoxy) is 1. The molecule has 1 aromatic carbocycles. The van der Waals surface area contributed by atoms with Crippen LogP contribution in [0.3, 0.4) is 0 Å². The van der Waals surface area contributed by atoms with E-state index in [0.717, 1.165) is 48.7 Å². The first-order chi connectivity index (χ1) is 18.1. The number of aromatic nitrogens is 2. The van der Waals surface area contributed by atoms with Gasteiger partial charge in [0, 0.05) is 54.4 Å². The SMILES string of the molecule is CCOC(=O)c1cc2c(cc1Br)n1c([n+]2CCCCS(=O)(=O)NC(C)=O)C(=CC=C2SCCN2CC)CC1. The average Bonchev–Trinajstić information content (AvgIpc) is 3.55. The van der Waals surface area contributed by atoms with Gasteiger partial charge < -0.3 is 9.64 Å². The van der Waals surface area contributed by atoms with Crippen molar-refractivity contribution < 1.29 is 27.3 Å². The van der Waals surface area contributed by atoms with Crippen molar-refractivity contribution in [1.82, 2.24) is 14.2 Å². The number of nitrogens with zero attached hydrogens (tertiary/aromatic N) is 3. The van der Waals surface area contributed by atoms with E-state index in [4.69, 9.17) is 4.74 Å². The topological polar surface area (TPSA) is 102 Å². The minimum atomic E-state index is -3.65. The number of thioether (sulfide) groups is 1. The summed E-state index contributed by atoms with van der Waals surface area (Å²) < 4.78 is 36.7. The van der Waals surface area contributed by atoms with Gasteiger partial charge in [-0.15, -0.1) is 11.8 Å². The minimum Gasteiger partial charge on any atom is -0.462 e. The summed E-state index contributed by atoms with van der Waals surface area (Å²) in [5.74, 6) is 1.06. The number of esters is 1. The van der Waals surface area contributed by atoms with E-state index < -0.39 is 15.9 Å². The average molecular weight is 627 g/mol. The maximum absolute atomic E-state index is 12.6. The maximum Gasteiger partial charge on any atom is 0.339 e. The summed E-state index contributed by atoms with van der Waals surface area (Å²) in [6.45, 7) is 8.85. The fourth-order valence-corrected chi connectivity index (χ4v) is 7.66. The quantitative estimate of drug-likeness (QED) is 0.243. The van der Waals surface area contributed by atoms with Crippen molar-refractivity contribution in [3.05, 3.63) is 45.2 Å². The number of rotatable bonds is 10. The van der Waals surface area contributed by atoms with Crippen molar-refractivity contribution in [2.75, 3.05) is 31.2 Å². The third-order valence-electron chi connectivity index (χ3n) is 6.62. The van der Waals surface area contributed by atoms with Crippen LogP contribution in [0.5, 0.6) is 0 Å². The zero-order valence-electron chi connectivity index (χ0n) is 22.0. The molecule has 1 aromatic heterocycles. The van der Waals surface area contributed by atoms with E-state index in [0.29, 0.717) is 29.4 Å². The predicted molar refractivity (Wildman–Crippen MR) is 153 cm³/mol. The number of hydrogen-bond acceptors (Lipinski definition) is 7. The van der Waals surface area contributed by atoms with E-state index in [1.807, 2.05) is 28.6 Å². The molecule has 1 amide bonds. The molecule has 1 N–H and O–H groups in total. The van der Waals surface area contributed by atoms with E-state index in [-0.39, 0.29) is 18.3 Å². The molecule has 0 saturated carbocycles. The van der Waals surface area contributed by atoms with Crippen molar-refractivity contribution in [1.29, 1.82) is 0 Å². The monoisotopic (exact) mass is 625 g/mol. The lowest BCUT2D eigenvalue weighted by molar-refractivity contribution is -0.674. The number of imidazole rings is 1. The first kappa shape index (κ1) is 28.7. The van der Waals surface area contributed by atoms with Crippen molar-refractivity contribution in [3.63, 3.8) is 0 Å².